The first-order valence-corrected chi connectivity index (χ1v) is 8.86. The van der Waals surface area contributed by atoms with Crippen LogP contribution in [0.15, 0.2) is 65.5 Å². The van der Waals surface area contributed by atoms with Gasteiger partial charge in [-0.25, -0.2) is 9.38 Å². The molecule has 4 nitrogen and oxygen atoms in total. The number of aromatic nitrogens is 3. The number of rotatable bonds is 0. The SMILES string of the molecule is O=c1c2c(ccc3[nH]c4ccccc4c32)sc2nc3ccccc3n12. The van der Waals surface area contributed by atoms with Gasteiger partial charge in [0.2, 0.25) is 0 Å². The predicted octanol–water partition coefficient (Wildman–Crippen LogP) is 4.70. The van der Waals surface area contributed by atoms with E-state index in [0.29, 0.717) is 0 Å². The number of para-hydroxylation sites is 3. The highest BCUT2D eigenvalue weighted by atomic mass is 32.1. The molecular weight excluding hydrogens is 330 g/mol. The van der Waals surface area contributed by atoms with Crippen molar-refractivity contribution in [2.75, 3.05) is 0 Å². The Morgan fingerprint density at radius 2 is 1.72 bits per heavy atom. The third-order valence-electron chi connectivity index (χ3n) is 4.78. The third-order valence-corrected chi connectivity index (χ3v) is 5.80. The number of hydrogen-bond acceptors (Lipinski definition) is 3. The summed E-state index contributed by atoms with van der Waals surface area (Å²) in [6, 6.07) is 20.0. The van der Waals surface area contributed by atoms with Gasteiger partial charge < -0.3 is 4.98 Å². The lowest BCUT2D eigenvalue weighted by Gasteiger charge is -2.01. The lowest BCUT2D eigenvalue weighted by molar-refractivity contribution is 1.20. The molecule has 0 atom stereocenters. The van der Waals surface area contributed by atoms with E-state index in [0.717, 1.165) is 47.9 Å². The number of benzene rings is 3. The Balaban J connectivity index is 1.97. The van der Waals surface area contributed by atoms with E-state index in [9.17, 15) is 4.79 Å². The van der Waals surface area contributed by atoms with Crippen molar-refractivity contribution >= 4 is 59.2 Å². The summed E-state index contributed by atoms with van der Waals surface area (Å²) in [6.07, 6.45) is 0. The van der Waals surface area contributed by atoms with Crippen molar-refractivity contribution in [2.24, 2.45) is 0 Å². The number of aromatic amines is 1. The summed E-state index contributed by atoms with van der Waals surface area (Å²) >= 11 is 1.56. The number of nitrogens with one attached hydrogen (secondary N) is 1. The molecule has 6 rings (SSSR count). The van der Waals surface area contributed by atoms with Crippen molar-refractivity contribution in [1.29, 1.82) is 0 Å². The fourth-order valence-corrected chi connectivity index (χ4v) is 4.74. The summed E-state index contributed by atoms with van der Waals surface area (Å²) in [5, 5.41) is 2.83. The molecule has 0 spiro atoms. The molecule has 0 aliphatic heterocycles. The molecule has 25 heavy (non-hydrogen) atoms. The van der Waals surface area contributed by atoms with Gasteiger partial charge in [0.05, 0.1) is 16.4 Å². The van der Waals surface area contributed by atoms with Crippen molar-refractivity contribution in [3.8, 4) is 0 Å². The minimum atomic E-state index is -0.00666. The van der Waals surface area contributed by atoms with Crippen molar-refractivity contribution in [3.05, 3.63) is 71.0 Å². The summed E-state index contributed by atoms with van der Waals surface area (Å²) in [5.41, 5.74) is 3.73. The molecule has 6 aromatic rings. The zero-order chi connectivity index (χ0) is 16.5. The molecule has 0 saturated carbocycles. The maximum atomic E-state index is 13.4. The van der Waals surface area contributed by atoms with Crippen molar-refractivity contribution in [3.63, 3.8) is 0 Å². The van der Waals surface area contributed by atoms with E-state index < -0.39 is 0 Å². The average molecular weight is 341 g/mol. The minimum absolute atomic E-state index is 0.00666. The lowest BCUT2D eigenvalue weighted by Crippen LogP contribution is -2.11. The Kier molecular flexibility index (Phi) is 2.35. The molecule has 0 saturated heterocycles. The first kappa shape index (κ1) is 13.1. The first-order chi connectivity index (χ1) is 12.3. The topological polar surface area (TPSA) is 50.2 Å². The molecule has 3 heterocycles. The molecule has 0 radical (unpaired) electrons. The van der Waals surface area contributed by atoms with E-state index in [-0.39, 0.29) is 5.56 Å². The maximum Gasteiger partial charge on any atom is 0.266 e. The molecule has 0 bridgehead atoms. The average Bonchev–Trinajstić information content (AvgIpc) is 3.19. The second kappa shape index (κ2) is 4.46. The van der Waals surface area contributed by atoms with Gasteiger partial charge >= 0.3 is 0 Å². The number of H-pyrrole nitrogens is 1. The van der Waals surface area contributed by atoms with E-state index >= 15 is 0 Å². The van der Waals surface area contributed by atoms with E-state index in [1.165, 1.54) is 0 Å². The van der Waals surface area contributed by atoms with Crippen molar-refractivity contribution in [2.45, 2.75) is 0 Å². The largest absolute Gasteiger partial charge is 0.354 e. The van der Waals surface area contributed by atoms with Gasteiger partial charge in [-0.05, 0) is 30.3 Å². The Labute approximate surface area is 145 Å². The number of nitrogens with zero attached hydrogens (tertiary/aromatic N) is 2. The predicted molar refractivity (Wildman–Crippen MR) is 104 cm³/mol. The molecule has 0 amide bonds. The molecule has 0 aliphatic rings. The van der Waals surface area contributed by atoms with Crippen LogP contribution in [0.5, 0.6) is 0 Å². The zero-order valence-electron chi connectivity index (χ0n) is 13.0. The Morgan fingerprint density at radius 1 is 0.880 bits per heavy atom. The third kappa shape index (κ3) is 1.60. The second-order valence-electron chi connectivity index (χ2n) is 6.16. The molecule has 0 unspecified atom stereocenters. The normalized spacial score (nSPS) is 12.2. The van der Waals surface area contributed by atoms with E-state index in [1.54, 1.807) is 15.7 Å². The van der Waals surface area contributed by atoms with Crippen LogP contribution in [0.3, 0.4) is 0 Å². The van der Waals surface area contributed by atoms with Gasteiger partial charge in [0.25, 0.3) is 5.56 Å². The quantitative estimate of drug-likeness (QED) is 0.435. The van der Waals surface area contributed by atoms with Crippen LogP contribution in [0.25, 0.3) is 47.9 Å². The molecule has 118 valence electrons. The summed E-state index contributed by atoms with van der Waals surface area (Å²) in [7, 11) is 0. The van der Waals surface area contributed by atoms with Gasteiger partial charge in [0.15, 0.2) is 4.96 Å². The summed E-state index contributed by atoms with van der Waals surface area (Å²) < 4.78 is 2.70. The highest BCUT2D eigenvalue weighted by Gasteiger charge is 2.15. The van der Waals surface area contributed by atoms with Gasteiger partial charge in [0.1, 0.15) is 0 Å². The zero-order valence-corrected chi connectivity index (χ0v) is 13.8. The van der Waals surface area contributed by atoms with Crippen LogP contribution >= 0.6 is 11.3 Å². The van der Waals surface area contributed by atoms with E-state index in [2.05, 4.69) is 16.0 Å². The fraction of sp³-hybridized carbons (Fsp3) is 0. The molecule has 3 aromatic heterocycles. The number of hydrogen-bond donors (Lipinski definition) is 1. The monoisotopic (exact) mass is 341 g/mol. The summed E-state index contributed by atoms with van der Waals surface area (Å²) in [6.45, 7) is 0. The first-order valence-electron chi connectivity index (χ1n) is 8.05. The van der Waals surface area contributed by atoms with Gasteiger partial charge in [-0.3, -0.25) is 4.79 Å². The van der Waals surface area contributed by atoms with Gasteiger partial charge in [-0.15, -0.1) is 0 Å². The maximum absolute atomic E-state index is 13.4. The molecule has 1 N–H and O–H groups in total. The van der Waals surface area contributed by atoms with Crippen LogP contribution in [-0.4, -0.2) is 14.4 Å². The van der Waals surface area contributed by atoms with Gasteiger partial charge in [0, 0.05) is 26.5 Å². The second-order valence-corrected chi connectivity index (χ2v) is 7.17. The Hall–Kier alpha value is -3.18. The van der Waals surface area contributed by atoms with Gasteiger partial charge in [-0.1, -0.05) is 41.7 Å². The standard InChI is InChI=1S/C20H11N3OS/c24-19-18-16(25-20-22-13-7-3-4-8-15(13)23(19)20)10-9-14-17(18)11-5-1-2-6-12(11)21-14/h1-10,21H. The molecular formula is C20H11N3OS. The Bertz CT molecular complexity index is 1520. The molecule has 0 aliphatic carbocycles. The Morgan fingerprint density at radius 3 is 2.68 bits per heavy atom. The molecule has 5 heteroatoms. The van der Waals surface area contributed by atoms with Crippen LogP contribution in [0, 0.1) is 0 Å². The minimum Gasteiger partial charge on any atom is -0.354 e. The smallest absolute Gasteiger partial charge is 0.266 e. The van der Waals surface area contributed by atoms with E-state index in [1.807, 2.05) is 54.6 Å². The lowest BCUT2D eigenvalue weighted by atomic mass is 10.1. The van der Waals surface area contributed by atoms with Crippen molar-refractivity contribution < 1.29 is 0 Å². The summed E-state index contributed by atoms with van der Waals surface area (Å²) in [4.78, 5) is 22.2. The van der Waals surface area contributed by atoms with Crippen LogP contribution in [-0.2, 0) is 0 Å². The highest BCUT2D eigenvalue weighted by molar-refractivity contribution is 7.23. The molecule has 0 fully saturated rings. The van der Waals surface area contributed by atoms with Crippen LogP contribution in [0.2, 0.25) is 0 Å². The highest BCUT2D eigenvalue weighted by Crippen LogP contribution is 2.33. The van der Waals surface area contributed by atoms with E-state index in [4.69, 9.17) is 0 Å². The van der Waals surface area contributed by atoms with Crippen molar-refractivity contribution in [1.82, 2.24) is 14.4 Å². The number of fused-ring (bicyclic) bond motifs is 8. The fourth-order valence-electron chi connectivity index (χ4n) is 3.70. The summed E-state index contributed by atoms with van der Waals surface area (Å²) in [5.74, 6) is 0. The molecule has 3 aromatic carbocycles. The van der Waals surface area contributed by atoms with Crippen LogP contribution in [0.1, 0.15) is 0 Å². The number of imidazole rings is 1. The van der Waals surface area contributed by atoms with Gasteiger partial charge in [-0.2, -0.15) is 0 Å². The van der Waals surface area contributed by atoms with Crippen LogP contribution < -0.4 is 5.56 Å². The van der Waals surface area contributed by atoms with Crippen LogP contribution in [0.4, 0.5) is 0 Å².